The molecule has 132 valence electrons. The fraction of sp³-hybridized carbons (Fsp3) is 0.722. The molecule has 0 aliphatic rings. The Morgan fingerprint density at radius 3 is 2.57 bits per heavy atom. The van der Waals surface area contributed by atoms with E-state index in [9.17, 15) is 4.79 Å². The third-order valence-corrected chi connectivity index (χ3v) is 3.50. The first-order valence-corrected chi connectivity index (χ1v) is 8.44. The number of aryl methyl sites for hydroxylation is 1. The molecule has 0 aromatic carbocycles. The van der Waals surface area contributed by atoms with Crippen molar-refractivity contribution in [2.75, 3.05) is 13.1 Å². The number of amides is 1. The van der Waals surface area contributed by atoms with Crippen molar-refractivity contribution in [3.8, 4) is 0 Å². The normalized spacial score (nSPS) is 13.2. The van der Waals surface area contributed by atoms with Gasteiger partial charge in [0.2, 0.25) is 0 Å². The first kappa shape index (κ1) is 19.6. The lowest BCUT2D eigenvalue weighted by molar-refractivity contribution is 0.0192. The number of carbonyl (C=O) groups excluding carboxylic acids is 1. The summed E-state index contributed by atoms with van der Waals surface area (Å²) >= 11 is 0. The number of nitrogens with one attached hydrogen (secondary N) is 1. The van der Waals surface area contributed by atoms with E-state index in [1.165, 1.54) is 0 Å². The number of carbonyl (C=O) groups is 1. The largest absolute Gasteiger partial charge is 0.469 e. The number of ether oxygens (including phenoxy) is 1. The summed E-state index contributed by atoms with van der Waals surface area (Å²) in [4.78, 5) is 14.0. The van der Waals surface area contributed by atoms with E-state index in [2.05, 4.69) is 12.2 Å². The zero-order chi connectivity index (χ0) is 17.5. The number of furan rings is 1. The minimum absolute atomic E-state index is 0.116. The molecule has 0 fully saturated rings. The van der Waals surface area contributed by atoms with E-state index in [0.717, 1.165) is 25.1 Å². The van der Waals surface area contributed by atoms with E-state index in [-0.39, 0.29) is 12.1 Å². The Kier molecular flexibility index (Phi) is 7.62. The number of hydrogen-bond donors (Lipinski definition) is 1. The van der Waals surface area contributed by atoms with Gasteiger partial charge in [-0.2, -0.15) is 0 Å². The SMILES string of the molecule is CC(CCc1ccco1)NCCN(C(=O)OC(C)(C)C)C(C)C. The quantitative estimate of drug-likeness (QED) is 0.789. The molecule has 0 radical (unpaired) electrons. The molecule has 1 rings (SSSR count). The van der Waals surface area contributed by atoms with Gasteiger partial charge in [-0.25, -0.2) is 4.79 Å². The van der Waals surface area contributed by atoms with Gasteiger partial charge in [-0.15, -0.1) is 0 Å². The van der Waals surface area contributed by atoms with Gasteiger partial charge in [0.1, 0.15) is 11.4 Å². The highest BCUT2D eigenvalue weighted by atomic mass is 16.6. The average molecular weight is 324 g/mol. The second-order valence-electron chi connectivity index (χ2n) is 7.24. The second kappa shape index (κ2) is 8.96. The van der Waals surface area contributed by atoms with Crippen LogP contribution in [0.3, 0.4) is 0 Å². The smallest absolute Gasteiger partial charge is 0.410 e. The molecule has 1 unspecified atom stereocenters. The molecule has 0 saturated carbocycles. The Balaban J connectivity index is 2.33. The molecule has 0 saturated heterocycles. The summed E-state index contributed by atoms with van der Waals surface area (Å²) in [6.45, 7) is 13.2. The van der Waals surface area contributed by atoms with Crippen molar-refractivity contribution in [1.29, 1.82) is 0 Å². The molecular formula is C18H32N2O3. The van der Waals surface area contributed by atoms with Gasteiger partial charge < -0.3 is 19.4 Å². The molecule has 1 amide bonds. The average Bonchev–Trinajstić information content (AvgIpc) is 2.91. The van der Waals surface area contributed by atoms with Crippen LogP contribution in [-0.4, -0.2) is 41.8 Å². The highest BCUT2D eigenvalue weighted by molar-refractivity contribution is 5.68. The van der Waals surface area contributed by atoms with Crippen LogP contribution in [0.25, 0.3) is 0 Å². The predicted molar refractivity (Wildman–Crippen MR) is 92.6 cm³/mol. The van der Waals surface area contributed by atoms with Crippen LogP contribution >= 0.6 is 0 Å². The Bertz CT molecular complexity index is 449. The minimum atomic E-state index is -0.464. The first-order chi connectivity index (χ1) is 10.7. The molecule has 1 heterocycles. The van der Waals surface area contributed by atoms with Gasteiger partial charge in [0.15, 0.2) is 0 Å². The lowest BCUT2D eigenvalue weighted by atomic mass is 10.1. The molecule has 0 aliphatic carbocycles. The topological polar surface area (TPSA) is 54.7 Å². The van der Waals surface area contributed by atoms with Crippen molar-refractivity contribution >= 4 is 6.09 Å². The van der Waals surface area contributed by atoms with Gasteiger partial charge in [-0.1, -0.05) is 0 Å². The Morgan fingerprint density at radius 2 is 2.04 bits per heavy atom. The fourth-order valence-corrected chi connectivity index (χ4v) is 2.23. The Hall–Kier alpha value is -1.49. The summed E-state index contributed by atoms with van der Waals surface area (Å²) < 4.78 is 10.8. The van der Waals surface area contributed by atoms with Crippen molar-refractivity contribution < 1.29 is 13.9 Å². The van der Waals surface area contributed by atoms with Crippen molar-refractivity contribution in [2.24, 2.45) is 0 Å². The summed E-state index contributed by atoms with van der Waals surface area (Å²) in [6, 6.07) is 4.39. The van der Waals surface area contributed by atoms with Crippen LogP contribution in [0, 0.1) is 0 Å². The van der Waals surface area contributed by atoms with Crippen LogP contribution in [0.5, 0.6) is 0 Å². The lowest BCUT2D eigenvalue weighted by Crippen LogP contribution is -2.45. The summed E-state index contributed by atoms with van der Waals surface area (Å²) in [5, 5.41) is 3.46. The van der Waals surface area contributed by atoms with Crippen LogP contribution in [0.2, 0.25) is 0 Å². The Morgan fingerprint density at radius 1 is 1.35 bits per heavy atom. The second-order valence-corrected chi connectivity index (χ2v) is 7.24. The van der Waals surface area contributed by atoms with E-state index in [1.54, 1.807) is 11.2 Å². The van der Waals surface area contributed by atoms with E-state index in [1.807, 2.05) is 46.8 Å². The summed E-state index contributed by atoms with van der Waals surface area (Å²) in [6.07, 6.45) is 3.37. The van der Waals surface area contributed by atoms with Crippen LogP contribution < -0.4 is 5.32 Å². The molecule has 5 heteroatoms. The van der Waals surface area contributed by atoms with Crippen molar-refractivity contribution in [2.45, 2.75) is 72.1 Å². The molecule has 23 heavy (non-hydrogen) atoms. The molecule has 5 nitrogen and oxygen atoms in total. The van der Waals surface area contributed by atoms with Crippen LogP contribution in [0.1, 0.15) is 53.7 Å². The highest BCUT2D eigenvalue weighted by Gasteiger charge is 2.23. The molecule has 1 atom stereocenters. The first-order valence-electron chi connectivity index (χ1n) is 8.44. The fourth-order valence-electron chi connectivity index (χ4n) is 2.23. The maximum Gasteiger partial charge on any atom is 0.410 e. The molecule has 1 N–H and O–H groups in total. The third-order valence-electron chi connectivity index (χ3n) is 3.50. The van der Waals surface area contributed by atoms with Crippen LogP contribution in [0.15, 0.2) is 22.8 Å². The van der Waals surface area contributed by atoms with Crippen molar-refractivity contribution in [1.82, 2.24) is 10.2 Å². The Labute approximate surface area is 140 Å². The third kappa shape index (κ3) is 8.07. The predicted octanol–water partition coefficient (Wildman–Crippen LogP) is 3.84. The van der Waals surface area contributed by atoms with E-state index >= 15 is 0 Å². The van der Waals surface area contributed by atoms with Gasteiger partial charge in [-0.05, 0) is 60.1 Å². The molecule has 0 aliphatic heterocycles. The lowest BCUT2D eigenvalue weighted by Gasteiger charge is -2.30. The van der Waals surface area contributed by atoms with E-state index < -0.39 is 5.60 Å². The van der Waals surface area contributed by atoms with Crippen molar-refractivity contribution in [3.63, 3.8) is 0 Å². The zero-order valence-electron chi connectivity index (χ0n) is 15.4. The zero-order valence-corrected chi connectivity index (χ0v) is 15.4. The molecule has 1 aromatic rings. The van der Waals surface area contributed by atoms with E-state index in [0.29, 0.717) is 12.6 Å². The minimum Gasteiger partial charge on any atom is -0.469 e. The number of hydrogen-bond acceptors (Lipinski definition) is 4. The van der Waals surface area contributed by atoms with E-state index in [4.69, 9.17) is 9.15 Å². The summed E-state index contributed by atoms with van der Waals surface area (Å²) in [7, 11) is 0. The molecular weight excluding hydrogens is 292 g/mol. The van der Waals surface area contributed by atoms with Crippen molar-refractivity contribution in [3.05, 3.63) is 24.2 Å². The van der Waals surface area contributed by atoms with Gasteiger partial charge in [0.05, 0.1) is 6.26 Å². The van der Waals surface area contributed by atoms with Gasteiger partial charge >= 0.3 is 6.09 Å². The highest BCUT2D eigenvalue weighted by Crippen LogP contribution is 2.12. The maximum atomic E-state index is 12.2. The van der Waals surface area contributed by atoms with Crippen LogP contribution in [-0.2, 0) is 11.2 Å². The standard InChI is InChI=1S/C18H32N2O3/c1-14(2)20(17(21)23-18(4,5)6)12-11-19-15(3)9-10-16-8-7-13-22-16/h7-8,13-15,19H,9-12H2,1-6H3. The van der Waals surface area contributed by atoms with Gasteiger partial charge in [0.25, 0.3) is 0 Å². The molecule has 1 aromatic heterocycles. The summed E-state index contributed by atoms with van der Waals surface area (Å²) in [5.74, 6) is 1.01. The number of nitrogens with zero attached hydrogens (tertiary/aromatic N) is 1. The van der Waals surface area contributed by atoms with Gasteiger partial charge in [-0.3, -0.25) is 0 Å². The van der Waals surface area contributed by atoms with Gasteiger partial charge in [0, 0.05) is 31.6 Å². The molecule has 0 bridgehead atoms. The van der Waals surface area contributed by atoms with Crippen LogP contribution in [0.4, 0.5) is 4.79 Å². The monoisotopic (exact) mass is 324 g/mol. The molecule has 0 spiro atoms. The maximum absolute atomic E-state index is 12.2. The summed E-state index contributed by atoms with van der Waals surface area (Å²) in [5.41, 5.74) is -0.464. The number of rotatable bonds is 8.